The smallest absolute Gasteiger partial charge is 0.0729 e. The van der Waals surface area contributed by atoms with Crippen molar-refractivity contribution in [1.29, 1.82) is 0 Å². The fourth-order valence-corrected chi connectivity index (χ4v) is 2.27. The van der Waals surface area contributed by atoms with Crippen LogP contribution in [0.1, 0.15) is 32.4 Å². The molecule has 0 saturated heterocycles. The van der Waals surface area contributed by atoms with Crippen molar-refractivity contribution in [2.75, 3.05) is 6.54 Å². The van der Waals surface area contributed by atoms with Crippen molar-refractivity contribution >= 4 is 0 Å². The number of aromatic nitrogens is 3. The summed E-state index contributed by atoms with van der Waals surface area (Å²) in [5.41, 5.74) is 2.24. The Hall–Kier alpha value is -1.68. The lowest BCUT2D eigenvalue weighted by Crippen LogP contribution is -2.28. The molecule has 102 valence electrons. The Morgan fingerprint density at radius 1 is 1.21 bits per heavy atom. The molecule has 0 saturated carbocycles. The lowest BCUT2D eigenvalue weighted by atomic mass is 10.1. The fraction of sp³-hybridized carbons (Fsp3) is 0.467. The van der Waals surface area contributed by atoms with Gasteiger partial charge in [-0.25, -0.2) is 4.68 Å². The predicted molar refractivity (Wildman–Crippen MR) is 77.4 cm³/mol. The number of para-hydroxylation sites is 1. The van der Waals surface area contributed by atoms with Gasteiger partial charge in [0.15, 0.2) is 0 Å². The van der Waals surface area contributed by atoms with Gasteiger partial charge in [-0.2, -0.15) is 0 Å². The molecule has 4 heteroatoms. The normalized spacial score (nSPS) is 12.5. The summed E-state index contributed by atoms with van der Waals surface area (Å²) in [4.78, 5) is 0. The Kier molecular flexibility index (Phi) is 5.10. The highest BCUT2D eigenvalue weighted by molar-refractivity contribution is 5.31. The highest BCUT2D eigenvalue weighted by Crippen LogP contribution is 2.12. The summed E-state index contributed by atoms with van der Waals surface area (Å²) in [6.45, 7) is 5.40. The maximum atomic E-state index is 4.18. The van der Waals surface area contributed by atoms with E-state index in [2.05, 4.69) is 41.6 Å². The first-order chi connectivity index (χ1) is 9.35. The molecule has 0 aliphatic carbocycles. The summed E-state index contributed by atoms with van der Waals surface area (Å²) >= 11 is 0. The largest absolute Gasteiger partial charge is 0.314 e. The molecule has 2 rings (SSSR count). The zero-order valence-corrected chi connectivity index (χ0v) is 11.7. The van der Waals surface area contributed by atoms with Crippen LogP contribution in [0.25, 0.3) is 5.69 Å². The van der Waals surface area contributed by atoms with Gasteiger partial charge in [0.2, 0.25) is 0 Å². The molecule has 0 aliphatic rings. The molecule has 2 aromatic rings. The highest BCUT2D eigenvalue weighted by Gasteiger charge is 2.09. The average molecular weight is 258 g/mol. The van der Waals surface area contributed by atoms with Crippen LogP contribution in [0.3, 0.4) is 0 Å². The number of rotatable bonds is 7. The van der Waals surface area contributed by atoms with E-state index in [4.69, 9.17) is 0 Å². The summed E-state index contributed by atoms with van der Waals surface area (Å²) < 4.78 is 1.93. The number of benzene rings is 1. The second-order valence-corrected chi connectivity index (χ2v) is 4.67. The SMILES string of the molecule is CCNC(CC)CCc1cnnn1-c1ccccc1. The third-order valence-electron chi connectivity index (χ3n) is 3.36. The van der Waals surface area contributed by atoms with Gasteiger partial charge in [0.05, 0.1) is 17.6 Å². The molecule has 0 spiro atoms. The van der Waals surface area contributed by atoms with Gasteiger partial charge in [-0.3, -0.25) is 0 Å². The first-order valence-electron chi connectivity index (χ1n) is 7.03. The lowest BCUT2D eigenvalue weighted by Gasteiger charge is -2.15. The van der Waals surface area contributed by atoms with Crippen LogP contribution in [0.5, 0.6) is 0 Å². The van der Waals surface area contributed by atoms with E-state index in [0.29, 0.717) is 6.04 Å². The molecular weight excluding hydrogens is 236 g/mol. The zero-order valence-electron chi connectivity index (χ0n) is 11.7. The van der Waals surface area contributed by atoms with Gasteiger partial charge in [-0.15, -0.1) is 5.10 Å². The van der Waals surface area contributed by atoms with E-state index in [1.165, 1.54) is 5.69 Å². The quantitative estimate of drug-likeness (QED) is 0.830. The molecular formula is C15H22N4. The topological polar surface area (TPSA) is 42.7 Å². The van der Waals surface area contributed by atoms with Crippen LogP contribution in [0, 0.1) is 0 Å². The molecule has 1 N–H and O–H groups in total. The number of nitrogens with one attached hydrogen (secondary N) is 1. The molecule has 1 atom stereocenters. The second-order valence-electron chi connectivity index (χ2n) is 4.67. The fourth-order valence-electron chi connectivity index (χ4n) is 2.27. The van der Waals surface area contributed by atoms with Crippen molar-refractivity contribution in [3.63, 3.8) is 0 Å². The Morgan fingerprint density at radius 3 is 2.68 bits per heavy atom. The lowest BCUT2D eigenvalue weighted by molar-refractivity contribution is 0.476. The van der Waals surface area contributed by atoms with Gasteiger partial charge in [0.1, 0.15) is 0 Å². The summed E-state index contributed by atoms with van der Waals surface area (Å²) in [6, 6.07) is 10.7. The van der Waals surface area contributed by atoms with Crippen LogP contribution in [0.4, 0.5) is 0 Å². The predicted octanol–water partition coefficient (Wildman–Crippen LogP) is 2.59. The highest BCUT2D eigenvalue weighted by atomic mass is 15.4. The van der Waals surface area contributed by atoms with Crippen LogP contribution in [0.15, 0.2) is 36.5 Å². The maximum absolute atomic E-state index is 4.18. The second kappa shape index (κ2) is 7.04. The van der Waals surface area contributed by atoms with Crippen LogP contribution >= 0.6 is 0 Å². The number of nitrogens with zero attached hydrogens (tertiary/aromatic N) is 3. The van der Waals surface area contributed by atoms with E-state index in [1.54, 1.807) is 0 Å². The molecule has 0 aliphatic heterocycles. The Labute approximate surface area is 114 Å². The van der Waals surface area contributed by atoms with Crippen molar-refractivity contribution < 1.29 is 0 Å². The summed E-state index contributed by atoms with van der Waals surface area (Å²) in [6.07, 6.45) is 5.13. The van der Waals surface area contributed by atoms with Gasteiger partial charge >= 0.3 is 0 Å². The van der Waals surface area contributed by atoms with Crippen molar-refractivity contribution in [1.82, 2.24) is 20.3 Å². The summed E-state index contributed by atoms with van der Waals surface area (Å²) in [5.74, 6) is 0. The van der Waals surface area contributed by atoms with Gasteiger partial charge in [-0.1, -0.05) is 37.3 Å². The molecule has 1 aromatic carbocycles. The molecule has 0 fully saturated rings. The molecule has 19 heavy (non-hydrogen) atoms. The van der Waals surface area contributed by atoms with E-state index < -0.39 is 0 Å². The third-order valence-corrected chi connectivity index (χ3v) is 3.36. The Balaban J connectivity index is 2.04. The van der Waals surface area contributed by atoms with Crippen LogP contribution in [-0.4, -0.2) is 27.6 Å². The van der Waals surface area contributed by atoms with E-state index >= 15 is 0 Å². The molecule has 1 unspecified atom stereocenters. The molecule has 4 nitrogen and oxygen atoms in total. The number of hydrogen-bond donors (Lipinski definition) is 1. The third kappa shape index (κ3) is 3.64. The van der Waals surface area contributed by atoms with Gasteiger partial charge in [0, 0.05) is 6.04 Å². The zero-order chi connectivity index (χ0) is 13.5. The van der Waals surface area contributed by atoms with Crippen molar-refractivity contribution in [2.45, 2.75) is 39.2 Å². The van der Waals surface area contributed by atoms with Gasteiger partial charge in [-0.05, 0) is 37.9 Å². The Bertz CT molecular complexity index is 478. The van der Waals surface area contributed by atoms with Crippen molar-refractivity contribution in [2.24, 2.45) is 0 Å². The average Bonchev–Trinajstić information content (AvgIpc) is 2.93. The maximum Gasteiger partial charge on any atom is 0.0729 e. The standard InChI is InChI=1S/C15H22N4/c1-3-13(16-4-2)10-11-15-12-17-18-19(15)14-8-6-5-7-9-14/h5-9,12-13,16H,3-4,10-11H2,1-2H3. The van der Waals surface area contributed by atoms with Crippen LogP contribution < -0.4 is 5.32 Å². The molecule has 0 bridgehead atoms. The molecule has 0 radical (unpaired) electrons. The molecule has 1 heterocycles. The number of aryl methyl sites for hydroxylation is 1. The summed E-state index contributed by atoms with van der Waals surface area (Å²) in [7, 11) is 0. The molecule has 0 amide bonds. The van der Waals surface area contributed by atoms with Crippen LogP contribution in [0.2, 0.25) is 0 Å². The van der Waals surface area contributed by atoms with Crippen LogP contribution in [-0.2, 0) is 6.42 Å². The van der Waals surface area contributed by atoms with E-state index in [1.807, 2.05) is 29.1 Å². The van der Waals surface area contributed by atoms with Crippen molar-refractivity contribution in [3.8, 4) is 5.69 Å². The van der Waals surface area contributed by atoms with E-state index in [-0.39, 0.29) is 0 Å². The van der Waals surface area contributed by atoms with Gasteiger partial charge < -0.3 is 5.32 Å². The number of hydrogen-bond acceptors (Lipinski definition) is 3. The van der Waals surface area contributed by atoms with Crippen molar-refractivity contribution in [3.05, 3.63) is 42.2 Å². The minimum atomic E-state index is 0.573. The first-order valence-corrected chi connectivity index (χ1v) is 7.03. The monoisotopic (exact) mass is 258 g/mol. The minimum absolute atomic E-state index is 0.573. The minimum Gasteiger partial charge on any atom is -0.314 e. The Morgan fingerprint density at radius 2 is 2.00 bits per heavy atom. The van der Waals surface area contributed by atoms with E-state index in [0.717, 1.165) is 31.5 Å². The first kappa shape index (κ1) is 13.7. The molecule has 1 aromatic heterocycles. The van der Waals surface area contributed by atoms with Gasteiger partial charge in [0.25, 0.3) is 0 Å². The summed E-state index contributed by atoms with van der Waals surface area (Å²) in [5, 5.41) is 11.7. The van der Waals surface area contributed by atoms with E-state index in [9.17, 15) is 0 Å².